The Morgan fingerprint density at radius 1 is 1.06 bits per heavy atom. The van der Waals surface area contributed by atoms with Gasteiger partial charge in [-0.15, -0.1) is 0 Å². The Kier molecular flexibility index (Phi) is 8.50. The maximum Gasteiger partial charge on any atom is 0.234 e. The van der Waals surface area contributed by atoms with Gasteiger partial charge in [0.1, 0.15) is 0 Å². The van der Waals surface area contributed by atoms with Gasteiger partial charge in [0, 0.05) is 25.3 Å². The molecule has 1 aliphatic rings. The molecule has 0 radical (unpaired) electrons. The highest BCUT2D eigenvalue weighted by Crippen LogP contribution is 2.22. The maximum absolute atomic E-state index is 12.6. The van der Waals surface area contributed by atoms with Gasteiger partial charge in [0.25, 0.3) is 0 Å². The molecule has 0 aliphatic carbocycles. The molecular formula is C26H37N3O2. The molecule has 5 nitrogen and oxygen atoms in total. The number of hydrogen-bond acceptors (Lipinski definition) is 4. The first-order valence-corrected chi connectivity index (χ1v) is 11.4. The molecule has 1 N–H and O–H groups in total. The lowest BCUT2D eigenvalue weighted by atomic mass is 10.00. The van der Waals surface area contributed by atoms with Gasteiger partial charge in [0.05, 0.1) is 25.8 Å². The van der Waals surface area contributed by atoms with E-state index in [9.17, 15) is 4.79 Å². The summed E-state index contributed by atoms with van der Waals surface area (Å²) in [6, 6.07) is 17.1. The normalized spacial score (nSPS) is 15.4. The van der Waals surface area contributed by atoms with Crippen molar-refractivity contribution in [3.05, 3.63) is 65.2 Å². The summed E-state index contributed by atoms with van der Waals surface area (Å²) in [6.07, 6.45) is 1.08. The molecule has 5 heteroatoms. The SMILES string of the molecule is CC(C)Cc1ccc(C(C)NC(=O)CN(C)Cc2ccccc2N2CCOCC2)cc1. The average molecular weight is 424 g/mol. The summed E-state index contributed by atoms with van der Waals surface area (Å²) < 4.78 is 5.49. The van der Waals surface area contributed by atoms with Crippen molar-refractivity contribution >= 4 is 11.6 Å². The molecule has 0 bridgehead atoms. The number of carbonyl (C=O) groups is 1. The fourth-order valence-electron chi connectivity index (χ4n) is 4.13. The largest absolute Gasteiger partial charge is 0.378 e. The first-order valence-electron chi connectivity index (χ1n) is 11.4. The number of rotatable bonds is 9. The number of nitrogens with zero attached hydrogens (tertiary/aromatic N) is 2. The highest BCUT2D eigenvalue weighted by atomic mass is 16.5. The maximum atomic E-state index is 12.6. The Hall–Kier alpha value is -2.37. The topological polar surface area (TPSA) is 44.8 Å². The van der Waals surface area contributed by atoms with Gasteiger partial charge >= 0.3 is 0 Å². The van der Waals surface area contributed by atoms with Crippen LogP contribution in [0.5, 0.6) is 0 Å². The van der Waals surface area contributed by atoms with E-state index in [-0.39, 0.29) is 11.9 Å². The van der Waals surface area contributed by atoms with Gasteiger partial charge in [0.15, 0.2) is 0 Å². The third-order valence-electron chi connectivity index (χ3n) is 5.70. The van der Waals surface area contributed by atoms with Crippen LogP contribution in [-0.4, -0.2) is 50.7 Å². The fraction of sp³-hybridized carbons (Fsp3) is 0.500. The molecule has 2 aromatic rings. The van der Waals surface area contributed by atoms with Gasteiger partial charge in [-0.05, 0) is 49.1 Å². The van der Waals surface area contributed by atoms with E-state index in [1.54, 1.807) is 0 Å². The van der Waals surface area contributed by atoms with Crippen LogP contribution in [0.25, 0.3) is 0 Å². The highest BCUT2D eigenvalue weighted by Gasteiger charge is 2.17. The predicted molar refractivity (Wildman–Crippen MR) is 127 cm³/mol. The van der Waals surface area contributed by atoms with Crippen molar-refractivity contribution in [3.63, 3.8) is 0 Å². The van der Waals surface area contributed by atoms with Crippen molar-refractivity contribution in [1.82, 2.24) is 10.2 Å². The number of nitrogens with one attached hydrogen (secondary N) is 1. The second-order valence-corrected chi connectivity index (χ2v) is 9.03. The first-order chi connectivity index (χ1) is 14.9. The number of benzene rings is 2. The van der Waals surface area contributed by atoms with Crippen LogP contribution in [0.1, 0.15) is 43.5 Å². The predicted octanol–water partition coefficient (Wildman–Crippen LogP) is 4.03. The van der Waals surface area contributed by atoms with Crippen molar-refractivity contribution in [2.24, 2.45) is 5.92 Å². The van der Waals surface area contributed by atoms with Crippen molar-refractivity contribution in [1.29, 1.82) is 0 Å². The van der Waals surface area contributed by atoms with Gasteiger partial charge < -0.3 is 15.0 Å². The Morgan fingerprint density at radius 3 is 2.42 bits per heavy atom. The van der Waals surface area contributed by atoms with Gasteiger partial charge in [-0.25, -0.2) is 0 Å². The van der Waals surface area contributed by atoms with Crippen LogP contribution in [0.15, 0.2) is 48.5 Å². The zero-order chi connectivity index (χ0) is 22.2. The Morgan fingerprint density at radius 2 is 1.74 bits per heavy atom. The van der Waals surface area contributed by atoms with Gasteiger partial charge in [-0.2, -0.15) is 0 Å². The molecule has 0 saturated carbocycles. The van der Waals surface area contributed by atoms with Crippen LogP contribution in [0.2, 0.25) is 0 Å². The molecule has 1 heterocycles. The zero-order valence-electron chi connectivity index (χ0n) is 19.4. The number of hydrogen-bond donors (Lipinski definition) is 1. The van der Waals surface area contributed by atoms with Crippen LogP contribution in [0.4, 0.5) is 5.69 Å². The number of carbonyl (C=O) groups excluding carboxylic acids is 1. The van der Waals surface area contributed by atoms with E-state index < -0.39 is 0 Å². The van der Waals surface area contributed by atoms with Crippen LogP contribution in [0.3, 0.4) is 0 Å². The van der Waals surface area contributed by atoms with Crippen molar-refractivity contribution in [2.45, 2.75) is 39.8 Å². The lowest BCUT2D eigenvalue weighted by molar-refractivity contribution is -0.122. The number of amides is 1. The molecule has 1 atom stereocenters. The molecule has 1 unspecified atom stereocenters. The molecule has 3 rings (SSSR count). The number of likely N-dealkylation sites (N-methyl/N-ethyl adjacent to an activating group) is 1. The van der Waals surface area contributed by atoms with E-state index in [1.165, 1.54) is 16.8 Å². The van der Waals surface area contributed by atoms with E-state index in [2.05, 4.69) is 77.5 Å². The van der Waals surface area contributed by atoms with Gasteiger partial charge in [-0.1, -0.05) is 56.3 Å². The summed E-state index contributed by atoms with van der Waals surface area (Å²) in [7, 11) is 2.00. The summed E-state index contributed by atoms with van der Waals surface area (Å²) in [5.74, 6) is 0.692. The second-order valence-electron chi connectivity index (χ2n) is 9.03. The Bertz CT molecular complexity index is 829. The van der Waals surface area contributed by atoms with E-state index >= 15 is 0 Å². The molecule has 0 spiro atoms. The van der Waals surface area contributed by atoms with Gasteiger partial charge in [-0.3, -0.25) is 9.69 Å². The molecule has 0 aromatic heterocycles. The molecule has 31 heavy (non-hydrogen) atoms. The average Bonchev–Trinajstić information content (AvgIpc) is 2.74. The van der Waals surface area contributed by atoms with E-state index in [1.807, 2.05) is 14.0 Å². The second kappa shape index (κ2) is 11.3. The molecule has 2 aromatic carbocycles. The third kappa shape index (κ3) is 7.08. The Labute approximate surface area is 187 Å². The minimum Gasteiger partial charge on any atom is -0.378 e. The van der Waals surface area contributed by atoms with Gasteiger partial charge in [0.2, 0.25) is 5.91 Å². The lowest BCUT2D eigenvalue weighted by Crippen LogP contribution is -2.38. The zero-order valence-corrected chi connectivity index (χ0v) is 19.4. The summed E-state index contributed by atoms with van der Waals surface area (Å²) in [5, 5.41) is 3.14. The molecular weight excluding hydrogens is 386 g/mol. The highest BCUT2D eigenvalue weighted by molar-refractivity contribution is 5.78. The van der Waals surface area contributed by atoms with Crippen molar-refractivity contribution in [3.8, 4) is 0 Å². The third-order valence-corrected chi connectivity index (χ3v) is 5.70. The molecule has 168 valence electrons. The van der Waals surface area contributed by atoms with Crippen LogP contribution in [-0.2, 0) is 22.5 Å². The smallest absolute Gasteiger partial charge is 0.234 e. The van der Waals surface area contributed by atoms with E-state index in [4.69, 9.17) is 4.74 Å². The first kappa shape index (κ1) is 23.3. The fourth-order valence-corrected chi connectivity index (χ4v) is 4.13. The molecule has 1 saturated heterocycles. The minimum absolute atomic E-state index is 0.00497. The standard InChI is InChI=1S/C26H37N3O2/c1-20(2)17-22-9-11-23(12-10-22)21(3)27-26(30)19-28(4)18-24-7-5-6-8-25(24)29-13-15-31-16-14-29/h5-12,20-21H,13-19H2,1-4H3,(H,27,30). The van der Waals surface area contributed by atoms with Crippen LogP contribution < -0.4 is 10.2 Å². The number of ether oxygens (including phenoxy) is 1. The number of anilines is 1. The lowest BCUT2D eigenvalue weighted by Gasteiger charge is -2.31. The summed E-state index contributed by atoms with van der Waals surface area (Å²) in [6.45, 7) is 11.0. The van der Waals surface area contributed by atoms with Crippen LogP contribution >= 0.6 is 0 Å². The minimum atomic E-state index is -0.00497. The van der Waals surface area contributed by atoms with E-state index in [0.717, 1.165) is 44.8 Å². The summed E-state index contributed by atoms with van der Waals surface area (Å²) in [4.78, 5) is 17.1. The Balaban J connectivity index is 1.53. The number of morpholine rings is 1. The van der Waals surface area contributed by atoms with E-state index in [0.29, 0.717) is 12.5 Å². The molecule has 1 amide bonds. The molecule has 1 aliphatic heterocycles. The molecule has 1 fully saturated rings. The monoisotopic (exact) mass is 423 g/mol. The summed E-state index contributed by atoms with van der Waals surface area (Å²) in [5.41, 5.74) is 4.97. The van der Waals surface area contributed by atoms with Crippen LogP contribution in [0, 0.1) is 5.92 Å². The van der Waals surface area contributed by atoms with Crippen molar-refractivity contribution < 1.29 is 9.53 Å². The number of para-hydroxylation sites is 1. The quantitative estimate of drug-likeness (QED) is 0.661. The summed E-state index contributed by atoms with van der Waals surface area (Å²) >= 11 is 0. The van der Waals surface area contributed by atoms with Crippen molar-refractivity contribution in [2.75, 3.05) is 44.8 Å².